The van der Waals surface area contributed by atoms with E-state index in [0.29, 0.717) is 14.1 Å². The Morgan fingerprint density at radius 1 is 1.39 bits per heavy atom. The van der Waals surface area contributed by atoms with E-state index >= 15 is 0 Å². The predicted molar refractivity (Wildman–Crippen MR) is 97.5 cm³/mol. The number of hydrogen-bond acceptors (Lipinski definition) is 4. The maximum Gasteiger partial charge on any atom is 0.312 e. The summed E-state index contributed by atoms with van der Waals surface area (Å²) in [6.07, 6.45) is 7.19. The Hall–Kier alpha value is -0.415. The van der Waals surface area contributed by atoms with Gasteiger partial charge < -0.3 is 14.1 Å². The normalized spacial score (nSPS) is 19.8. The fraction of sp³-hybridized carbons (Fsp3) is 0.812. The first-order chi connectivity index (χ1) is 10.8. The van der Waals surface area contributed by atoms with Crippen molar-refractivity contribution in [3.05, 3.63) is 12.4 Å². The molecule has 23 heavy (non-hydrogen) atoms. The van der Waals surface area contributed by atoms with Gasteiger partial charge in [0.1, 0.15) is 0 Å². The topological polar surface area (TPSA) is 45.5 Å². The molecule has 2 atom stereocenters. The molecule has 7 heteroatoms. The molecule has 1 aromatic rings. The first-order valence-corrected chi connectivity index (χ1v) is 9.03. The summed E-state index contributed by atoms with van der Waals surface area (Å²) < 4.78 is 19.3. The summed E-state index contributed by atoms with van der Waals surface area (Å²) in [5.41, 5.74) is 0.863. The third-order valence-electron chi connectivity index (χ3n) is 4.60. The average molecular weight is 340 g/mol. The van der Waals surface area contributed by atoms with E-state index in [2.05, 4.69) is 42.0 Å². The lowest BCUT2D eigenvalue weighted by Gasteiger charge is -2.38. The highest BCUT2D eigenvalue weighted by atomic mass is 31.0. The molecule has 0 bridgehead atoms. The summed E-state index contributed by atoms with van der Waals surface area (Å²) in [6.45, 7) is 10.7. The Morgan fingerprint density at radius 2 is 2.17 bits per heavy atom. The first-order valence-electron chi connectivity index (χ1n) is 8.45. The summed E-state index contributed by atoms with van der Waals surface area (Å²) in [4.78, 5) is 0. The molecule has 1 aliphatic rings. The van der Waals surface area contributed by atoms with Crippen molar-refractivity contribution >= 4 is 22.2 Å². The molecule has 0 aromatic carbocycles. The van der Waals surface area contributed by atoms with Crippen molar-refractivity contribution in [2.75, 3.05) is 13.2 Å². The number of nitrogens with zero attached hydrogens (tertiary/aromatic N) is 2. The van der Waals surface area contributed by atoms with Crippen LogP contribution in [0.1, 0.15) is 47.0 Å². The smallest absolute Gasteiger partial charge is 0.312 e. The molecule has 0 saturated carbocycles. The van der Waals surface area contributed by atoms with Gasteiger partial charge in [-0.25, -0.2) is 0 Å². The molecule has 0 N–H and O–H groups in total. The molecule has 0 amide bonds. The molecule has 0 aliphatic carbocycles. The number of hydrogen-bond donors (Lipinski definition) is 0. The van der Waals surface area contributed by atoms with Gasteiger partial charge in [-0.1, -0.05) is 13.8 Å². The second-order valence-corrected chi connectivity index (χ2v) is 8.74. The Bertz CT molecular complexity index is 482. The number of rotatable bonds is 8. The van der Waals surface area contributed by atoms with Crippen LogP contribution < -0.4 is 5.46 Å². The highest BCUT2D eigenvalue weighted by molar-refractivity contribution is 7.19. The van der Waals surface area contributed by atoms with Gasteiger partial charge in [-0.2, -0.15) is 5.10 Å². The Balaban J connectivity index is 1.72. The zero-order valence-corrected chi connectivity index (χ0v) is 16.0. The molecule has 2 heterocycles. The van der Waals surface area contributed by atoms with E-state index in [0.717, 1.165) is 31.5 Å². The van der Waals surface area contributed by atoms with Crippen LogP contribution in [-0.4, -0.2) is 47.5 Å². The van der Waals surface area contributed by atoms with Crippen molar-refractivity contribution in [2.24, 2.45) is 0 Å². The molecule has 1 aliphatic heterocycles. The van der Waals surface area contributed by atoms with Gasteiger partial charge >= 0.3 is 7.48 Å². The minimum absolute atomic E-state index is 0.0107. The minimum Gasteiger partial charge on any atom is -0.429 e. The first kappa shape index (κ1) is 18.9. The Kier molecular flexibility index (Phi) is 6.67. The highest BCUT2D eigenvalue weighted by Gasteiger charge is 2.33. The van der Waals surface area contributed by atoms with Crippen LogP contribution in [0.25, 0.3) is 0 Å². The van der Waals surface area contributed by atoms with Gasteiger partial charge in [-0.3, -0.25) is 4.68 Å². The molecule has 1 aromatic heterocycles. The third-order valence-corrected chi connectivity index (χ3v) is 5.30. The molecule has 5 nitrogen and oxygen atoms in total. The van der Waals surface area contributed by atoms with Crippen molar-refractivity contribution in [3.8, 4) is 0 Å². The van der Waals surface area contributed by atoms with Gasteiger partial charge in [-0.15, -0.1) is 9.24 Å². The predicted octanol–water partition coefficient (Wildman–Crippen LogP) is 1.85. The lowest BCUT2D eigenvalue weighted by atomic mass is 9.86. The number of aromatic nitrogens is 2. The van der Waals surface area contributed by atoms with Gasteiger partial charge in [-0.05, 0) is 38.6 Å². The van der Waals surface area contributed by atoms with E-state index < -0.39 is 0 Å². The maximum atomic E-state index is 6.07. The minimum atomic E-state index is -0.221. The fourth-order valence-electron chi connectivity index (χ4n) is 2.17. The van der Waals surface area contributed by atoms with Crippen LogP contribution in [0.3, 0.4) is 0 Å². The van der Waals surface area contributed by atoms with Crippen LogP contribution in [-0.2, 0) is 20.7 Å². The average Bonchev–Trinajstić information content (AvgIpc) is 2.93. The summed E-state index contributed by atoms with van der Waals surface area (Å²) in [5.74, 6) is 0. The fourth-order valence-corrected chi connectivity index (χ4v) is 2.26. The zero-order chi connectivity index (χ0) is 16.9. The Morgan fingerprint density at radius 3 is 2.83 bits per heavy atom. The summed E-state index contributed by atoms with van der Waals surface area (Å²) >= 11 is 0. The quantitative estimate of drug-likeness (QED) is 0.535. The van der Waals surface area contributed by atoms with Gasteiger partial charge in [0.2, 0.25) is 0 Å². The van der Waals surface area contributed by atoms with E-state index in [9.17, 15) is 0 Å². The van der Waals surface area contributed by atoms with Crippen LogP contribution >= 0.6 is 9.24 Å². The van der Waals surface area contributed by atoms with Gasteiger partial charge in [0.15, 0.2) is 6.29 Å². The molecular weight excluding hydrogens is 310 g/mol. The van der Waals surface area contributed by atoms with E-state index in [1.807, 2.05) is 17.1 Å². The molecule has 0 spiro atoms. The lowest BCUT2D eigenvalue weighted by Crippen LogP contribution is -2.45. The van der Waals surface area contributed by atoms with Crippen molar-refractivity contribution in [1.29, 1.82) is 0 Å². The van der Waals surface area contributed by atoms with E-state index in [1.165, 1.54) is 6.42 Å². The van der Waals surface area contributed by atoms with Gasteiger partial charge in [0.25, 0.3) is 0 Å². The van der Waals surface area contributed by atoms with Crippen molar-refractivity contribution in [3.63, 3.8) is 0 Å². The summed E-state index contributed by atoms with van der Waals surface area (Å²) in [5, 5.41) is 4.38. The van der Waals surface area contributed by atoms with Crippen LogP contribution in [0.2, 0.25) is 0 Å². The molecule has 1 fully saturated rings. The maximum absolute atomic E-state index is 6.07. The molecular formula is C16H30BN2O3P. The highest BCUT2D eigenvalue weighted by Crippen LogP contribution is 2.32. The molecule has 0 radical (unpaired) electrons. The second-order valence-electron chi connectivity index (χ2n) is 7.30. The third kappa shape index (κ3) is 5.86. The van der Waals surface area contributed by atoms with Crippen molar-refractivity contribution < 1.29 is 14.1 Å². The van der Waals surface area contributed by atoms with Gasteiger partial charge in [0, 0.05) is 24.2 Å². The Labute approximate surface area is 142 Å². The molecule has 2 rings (SSSR count). The van der Waals surface area contributed by atoms with Gasteiger partial charge in [0.05, 0.1) is 18.8 Å². The monoisotopic (exact) mass is 340 g/mol. The van der Waals surface area contributed by atoms with Crippen molar-refractivity contribution in [1.82, 2.24) is 9.78 Å². The zero-order valence-electron chi connectivity index (χ0n) is 14.9. The lowest BCUT2D eigenvalue weighted by molar-refractivity contribution is -0.163. The van der Waals surface area contributed by atoms with E-state index in [-0.39, 0.29) is 17.0 Å². The standard InChI is InChI=1S/C16H30BN2O3P/c1-15(2,16(3,4)23)22-17-13-11-18-19(12-13)8-10-21-14-7-5-6-9-20-14/h11-12,14,17H,5-10,23H2,1-4H3. The van der Waals surface area contributed by atoms with Crippen LogP contribution in [0.15, 0.2) is 12.4 Å². The van der Waals surface area contributed by atoms with Crippen LogP contribution in [0.4, 0.5) is 0 Å². The number of ether oxygens (including phenoxy) is 2. The van der Waals surface area contributed by atoms with Crippen molar-refractivity contribution in [2.45, 2.75) is 70.5 Å². The van der Waals surface area contributed by atoms with E-state index in [1.54, 1.807) is 0 Å². The molecule has 130 valence electrons. The largest absolute Gasteiger partial charge is 0.429 e. The summed E-state index contributed by atoms with van der Waals surface area (Å²) in [7, 11) is 3.42. The second kappa shape index (κ2) is 8.11. The molecule has 2 unspecified atom stereocenters. The van der Waals surface area contributed by atoms with E-state index in [4.69, 9.17) is 14.1 Å². The molecule has 1 saturated heterocycles. The SMILES string of the molecule is CC(C)(P)C(C)(C)OBc1cnn(CCOC2CCCCO2)c1. The van der Waals surface area contributed by atoms with Crippen LogP contribution in [0, 0.1) is 0 Å². The summed E-state index contributed by atoms with van der Waals surface area (Å²) in [6, 6.07) is 0. The van der Waals surface area contributed by atoms with Crippen LogP contribution in [0.5, 0.6) is 0 Å².